The van der Waals surface area contributed by atoms with E-state index < -0.39 is 0 Å². The van der Waals surface area contributed by atoms with E-state index in [2.05, 4.69) is 0 Å². The molecule has 2 aromatic carbocycles. The summed E-state index contributed by atoms with van der Waals surface area (Å²) in [6.07, 6.45) is 1.73. The van der Waals surface area contributed by atoms with E-state index in [0.29, 0.717) is 32.0 Å². The van der Waals surface area contributed by atoms with Gasteiger partial charge in [-0.25, -0.2) is 0 Å². The first-order valence-electron chi connectivity index (χ1n) is 8.06. The van der Waals surface area contributed by atoms with E-state index in [9.17, 15) is 9.59 Å². The monoisotopic (exact) mass is 399 g/mol. The van der Waals surface area contributed by atoms with Crippen molar-refractivity contribution in [2.24, 2.45) is 0 Å². The molecule has 0 aromatic heterocycles. The van der Waals surface area contributed by atoms with Crippen LogP contribution in [0.2, 0.25) is 0 Å². The van der Waals surface area contributed by atoms with E-state index in [1.54, 1.807) is 50.6 Å². The predicted octanol–water partition coefficient (Wildman–Crippen LogP) is 4.31. The predicted molar refractivity (Wildman–Crippen MR) is 112 cm³/mol. The number of ether oxygens (including phenoxy) is 2. The van der Waals surface area contributed by atoms with Gasteiger partial charge in [-0.2, -0.15) is 0 Å². The van der Waals surface area contributed by atoms with E-state index in [4.69, 9.17) is 21.7 Å². The molecule has 1 saturated heterocycles. The molecule has 1 aliphatic rings. The smallest absolute Gasteiger partial charge is 0.270 e. The summed E-state index contributed by atoms with van der Waals surface area (Å²) in [5.41, 5.74) is 1.82. The molecule has 1 fully saturated rings. The molecule has 3 rings (SSSR count). The van der Waals surface area contributed by atoms with Crippen LogP contribution in [0.5, 0.6) is 11.5 Å². The summed E-state index contributed by atoms with van der Waals surface area (Å²) < 4.78 is 11.1. The Morgan fingerprint density at radius 2 is 1.89 bits per heavy atom. The molecule has 27 heavy (non-hydrogen) atoms. The first kappa shape index (κ1) is 19.1. The first-order valence-corrected chi connectivity index (χ1v) is 9.28. The van der Waals surface area contributed by atoms with Crippen LogP contribution in [0.3, 0.4) is 0 Å². The molecule has 5 nitrogen and oxygen atoms in total. The van der Waals surface area contributed by atoms with Gasteiger partial charge < -0.3 is 9.47 Å². The van der Waals surface area contributed by atoms with Gasteiger partial charge in [-0.15, -0.1) is 0 Å². The van der Waals surface area contributed by atoms with E-state index in [1.165, 1.54) is 23.6 Å². The van der Waals surface area contributed by atoms with Crippen LogP contribution in [0.1, 0.15) is 22.8 Å². The highest BCUT2D eigenvalue weighted by atomic mass is 32.2. The van der Waals surface area contributed by atoms with Gasteiger partial charge in [0.2, 0.25) is 0 Å². The molecule has 1 amide bonds. The molecule has 1 heterocycles. The second kappa shape index (κ2) is 7.94. The summed E-state index contributed by atoms with van der Waals surface area (Å²) >= 11 is 6.60. The molecule has 0 radical (unpaired) electrons. The number of rotatable bonds is 5. The van der Waals surface area contributed by atoms with Gasteiger partial charge in [0.15, 0.2) is 21.6 Å². The molecular weight excluding hydrogens is 382 g/mol. The van der Waals surface area contributed by atoms with Crippen molar-refractivity contribution in [1.82, 2.24) is 0 Å². The maximum atomic E-state index is 12.9. The molecular formula is C20H17NO4S2. The zero-order valence-electron chi connectivity index (χ0n) is 15.0. The van der Waals surface area contributed by atoms with Crippen LogP contribution in [0, 0.1) is 0 Å². The fourth-order valence-corrected chi connectivity index (χ4v) is 4.01. The normalized spacial score (nSPS) is 15.4. The van der Waals surface area contributed by atoms with E-state index in [-0.39, 0.29) is 11.7 Å². The Bertz CT molecular complexity index is 968. The highest BCUT2D eigenvalue weighted by Crippen LogP contribution is 2.39. The minimum absolute atomic E-state index is 0.0704. The lowest BCUT2D eigenvalue weighted by Crippen LogP contribution is -2.27. The number of methoxy groups -OCH3 is 2. The van der Waals surface area contributed by atoms with Crippen molar-refractivity contribution in [2.45, 2.75) is 6.92 Å². The number of carbonyl (C=O) groups is 2. The van der Waals surface area contributed by atoms with Crippen molar-refractivity contribution in [3.05, 3.63) is 58.5 Å². The largest absolute Gasteiger partial charge is 0.493 e. The average Bonchev–Trinajstić information content (AvgIpc) is 2.94. The number of thiocarbonyl (C=S) groups is 1. The number of benzene rings is 2. The number of anilines is 1. The molecule has 0 unspecified atom stereocenters. The summed E-state index contributed by atoms with van der Waals surface area (Å²) in [4.78, 5) is 26.5. The topological polar surface area (TPSA) is 55.8 Å². The number of hydrogen-bond donors (Lipinski definition) is 0. The second-order valence-corrected chi connectivity index (χ2v) is 7.38. The lowest BCUT2D eigenvalue weighted by molar-refractivity contribution is -0.113. The fraction of sp³-hybridized carbons (Fsp3) is 0.150. The van der Waals surface area contributed by atoms with Crippen LogP contribution in [-0.2, 0) is 4.79 Å². The van der Waals surface area contributed by atoms with Crippen LogP contribution in [-0.4, -0.2) is 30.2 Å². The Morgan fingerprint density at radius 1 is 1.15 bits per heavy atom. The molecule has 0 atom stereocenters. The van der Waals surface area contributed by atoms with Crippen LogP contribution in [0.4, 0.5) is 5.69 Å². The van der Waals surface area contributed by atoms with E-state index in [1.807, 2.05) is 12.1 Å². The molecule has 0 aliphatic carbocycles. The third kappa shape index (κ3) is 3.74. The lowest BCUT2D eigenvalue weighted by atomic mass is 10.1. The third-order valence-corrected chi connectivity index (χ3v) is 5.33. The Labute approximate surface area is 167 Å². The second-order valence-electron chi connectivity index (χ2n) is 5.71. The van der Waals surface area contributed by atoms with Crippen molar-refractivity contribution in [1.29, 1.82) is 0 Å². The van der Waals surface area contributed by atoms with Crippen LogP contribution in [0.25, 0.3) is 6.08 Å². The lowest BCUT2D eigenvalue weighted by Gasteiger charge is -2.15. The maximum absolute atomic E-state index is 12.9. The number of amides is 1. The molecule has 1 aliphatic heterocycles. The van der Waals surface area contributed by atoms with Gasteiger partial charge in [-0.05, 0) is 31.2 Å². The standard InChI is InChI=1S/C20H17NO4S2/c1-12(22)13-6-4-8-15(10-13)21-19(23)17(27-20(21)26)11-14-7-5-9-16(24-2)18(14)25-3/h4-11H,1-3H3/b17-11-. The highest BCUT2D eigenvalue weighted by molar-refractivity contribution is 8.27. The fourth-order valence-electron chi connectivity index (χ4n) is 2.72. The summed E-state index contributed by atoms with van der Waals surface area (Å²) in [7, 11) is 3.11. The number of nitrogens with zero attached hydrogens (tertiary/aromatic N) is 1. The maximum Gasteiger partial charge on any atom is 0.270 e. The van der Waals surface area contributed by atoms with Crippen molar-refractivity contribution in [3.8, 4) is 11.5 Å². The van der Waals surface area contributed by atoms with Gasteiger partial charge in [0, 0.05) is 11.1 Å². The molecule has 0 N–H and O–H groups in total. The first-order chi connectivity index (χ1) is 13.0. The third-order valence-electron chi connectivity index (χ3n) is 4.02. The van der Waals surface area contributed by atoms with Gasteiger partial charge in [0.25, 0.3) is 5.91 Å². The van der Waals surface area contributed by atoms with E-state index >= 15 is 0 Å². The quantitative estimate of drug-likeness (QED) is 0.424. The minimum Gasteiger partial charge on any atom is -0.493 e. The van der Waals surface area contributed by atoms with Crippen molar-refractivity contribution in [3.63, 3.8) is 0 Å². The molecule has 2 aromatic rings. The Morgan fingerprint density at radius 3 is 2.56 bits per heavy atom. The van der Waals surface area contributed by atoms with Gasteiger partial charge in [0.05, 0.1) is 24.8 Å². The number of ketones is 1. The van der Waals surface area contributed by atoms with Gasteiger partial charge in [-0.3, -0.25) is 14.5 Å². The number of para-hydroxylation sites is 1. The van der Waals surface area contributed by atoms with Gasteiger partial charge >= 0.3 is 0 Å². The number of carbonyl (C=O) groups excluding carboxylic acids is 2. The highest BCUT2D eigenvalue weighted by Gasteiger charge is 2.33. The Balaban J connectivity index is 1.99. The average molecular weight is 399 g/mol. The molecule has 0 saturated carbocycles. The van der Waals surface area contributed by atoms with E-state index in [0.717, 1.165) is 5.56 Å². The SMILES string of the molecule is COc1cccc(/C=C2\SC(=S)N(c3cccc(C(C)=O)c3)C2=O)c1OC. The molecule has 138 valence electrons. The summed E-state index contributed by atoms with van der Waals surface area (Å²) in [6, 6.07) is 12.3. The molecule has 0 spiro atoms. The van der Waals surface area contributed by atoms with Crippen LogP contribution in [0.15, 0.2) is 47.4 Å². The van der Waals surface area contributed by atoms with Gasteiger partial charge in [0.1, 0.15) is 0 Å². The van der Waals surface area contributed by atoms with Crippen LogP contribution < -0.4 is 14.4 Å². The number of Topliss-reactive ketones (excluding diaryl/α,β-unsaturated/α-hetero) is 1. The molecule has 7 heteroatoms. The number of thioether (sulfide) groups is 1. The summed E-state index contributed by atoms with van der Waals surface area (Å²) in [5.74, 6) is 0.814. The Kier molecular flexibility index (Phi) is 5.62. The van der Waals surface area contributed by atoms with Crippen molar-refractivity contribution in [2.75, 3.05) is 19.1 Å². The summed E-state index contributed by atoms with van der Waals surface area (Å²) in [5, 5.41) is 0. The van der Waals surface area contributed by atoms with Crippen molar-refractivity contribution < 1.29 is 19.1 Å². The zero-order chi connectivity index (χ0) is 19.6. The molecule has 0 bridgehead atoms. The number of hydrogen-bond acceptors (Lipinski definition) is 6. The minimum atomic E-state index is -0.240. The van der Waals surface area contributed by atoms with Crippen molar-refractivity contribution >= 4 is 51.8 Å². The van der Waals surface area contributed by atoms with Gasteiger partial charge in [-0.1, -0.05) is 48.2 Å². The Hall–Kier alpha value is -2.64. The zero-order valence-corrected chi connectivity index (χ0v) is 16.6. The van der Waals surface area contributed by atoms with Crippen LogP contribution >= 0.6 is 24.0 Å². The summed E-state index contributed by atoms with van der Waals surface area (Å²) in [6.45, 7) is 1.48.